The summed E-state index contributed by atoms with van der Waals surface area (Å²) in [4.78, 5) is 17.5. The molecular formula is C17H31N3O. The Morgan fingerprint density at radius 3 is 2.29 bits per heavy atom. The molecule has 0 aromatic carbocycles. The number of amides is 1. The third-order valence-electron chi connectivity index (χ3n) is 5.75. The van der Waals surface area contributed by atoms with Gasteiger partial charge in [0, 0.05) is 25.2 Å². The first kappa shape index (κ1) is 15.3. The van der Waals surface area contributed by atoms with E-state index in [-0.39, 0.29) is 12.0 Å². The van der Waals surface area contributed by atoms with Crippen molar-refractivity contribution in [1.82, 2.24) is 9.80 Å². The molecule has 2 heterocycles. The second kappa shape index (κ2) is 7.10. The topological polar surface area (TPSA) is 49.6 Å². The van der Waals surface area contributed by atoms with Crippen LogP contribution in [0.2, 0.25) is 0 Å². The lowest BCUT2D eigenvalue weighted by atomic mass is 9.98. The van der Waals surface area contributed by atoms with Crippen molar-refractivity contribution < 1.29 is 4.79 Å². The van der Waals surface area contributed by atoms with Crippen molar-refractivity contribution >= 4 is 5.91 Å². The van der Waals surface area contributed by atoms with E-state index in [1.165, 1.54) is 45.2 Å². The summed E-state index contributed by atoms with van der Waals surface area (Å²) in [6, 6.07) is 0.703. The number of hydrogen-bond acceptors (Lipinski definition) is 3. The second-order valence-corrected chi connectivity index (χ2v) is 7.23. The van der Waals surface area contributed by atoms with Crippen LogP contribution in [-0.4, -0.2) is 54.0 Å². The van der Waals surface area contributed by atoms with E-state index < -0.39 is 0 Å². The first-order valence-electron chi connectivity index (χ1n) is 9.04. The van der Waals surface area contributed by atoms with E-state index in [1.54, 1.807) is 0 Å². The number of rotatable bonds is 2. The van der Waals surface area contributed by atoms with E-state index in [2.05, 4.69) is 9.80 Å². The fourth-order valence-electron chi connectivity index (χ4n) is 4.44. The Hall–Kier alpha value is -0.610. The van der Waals surface area contributed by atoms with Crippen LogP contribution in [0.4, 0.5) is 0 Å². The molecule has 0 aromatic rings. The predicted octanol–water partition coefficient (Wildman–Crippen LogP) is 1.98. The monoisotopic (exact) mass is 293 g/mol. The molecule has 2 saturated heterocycles. The number of carbonyl (C=O) groups excluding carboxylic acids is 1. The number of carbonyl (C=O) groups is 1. The van der Waals surface area contributed by atoms with Crippen LogP contribution in [0.15, 0.2) is 0 Å². The number of nitrogens with zero attached hydrogens (tertiary/aromatic N) is 2. The molecule has 4 nitrogen and oxygen atoms in total. The molecule has 120 valence electrons. The zero-order chi connectivity index (χ0) is 14.7. The zero-order valence-corrected chi connectivity index (χ0v) is 13.3. The lowest BCUT2D eigenvalue weighted by Crippen LogP contribution is -2.52. The van der Waals surface area contributed by atoms with Crippen LogP contribution in [0, 0.1) is 5.92 Å². The van der Waals surface area contributed by atoms with Gasteiger partial charge in [0.15, 0.2) is 0 Å². The Balaban J connectivity index is 1.58. The van der Waals surface area contributed by atoms with Gasteiger partial charge in [-0.3, -0.25) is 9.69 Å². The zero-order valence-electron chi connectivity index (χ0n) is 13.3. The van der Waals surface area contributed by atoms with Crippen molar-refractivity contribution in [3.63, 3.8) is 0 Å². The van der Waals surface area contributed by atoms with E-state index in [9.17, 15) is 4.79 Å². The lowest BCUT2D eigenvalue weighted by molar-refractivity contribution is -0.137. The number of piperidine rings is 1. The van der Waals surface area contributed by atoms with Crippen molar-refractivity contribution in [2.45, 2.75) is 69.9 Å². The highest BCUT2D eigenvalue weighted by Crippen LogP contribution is 2.28. The lowest BCUT2D eigenvalue weighted by Gasteiger charge is -2.40. The van der Waals surface area contributed by atoms with E-state index in [1.807, 2.05) is 0 Å². The van der Waals surface area contributed by atoms with Crippen LogP contribution in [0.25, 0.3) is 0 Å². The SMILES string of the molecule is N[C@@H]1CCC[C@H]1C(=O)N1CCC[C@@H](N2CCCCCC2)C1. The minimum absolute atomic E-state index is 0.105. The van der Waals surface area contributed by atoms with Gasteiger partial charge in [0.25, 0.3) is 0 Å². The van der Waals surface area contributed by atoms with Gasteiger partial charge < -0.3 is 10.6 Å². The van der Waals surface area contributed by atoms with E-state index in [0.717, 1.165) is 38.8 Å². The van der Waals surface area contributed by atoms with Gasteiger partial charge in [-0.15, -0.1) is 0 Å². The van der Waals surface area contributed by atoms with E-state index in [4.69, 9.17) is 5.73 Å². The maximum Gasteiger partial charge on any atom is 0.227 e. The Labute approximate surface area is 129 Å². The molecule has 21 heavy (non-hydrogen) atoms. The minimum Gasteiger partial charge on any atom is -0.341 e. The molecule has 4 heteroatoms. The van der Waals surface area contributed by atoms with Crippen molar-refractivity contribution in [2.75, 3.05) is 26.2 Å². The molecule has 0 aromatic heterocycles. The van der Waals surface area contributed by atoms with Gasteiger partial charge in [-0.1, -0.05) is 19.3 Å². The summed E-state index contributed by atoms with van der Waals surface area (Å²) in [5.41, 5.74) is 6.13. The highest BCUT2D eigenvalue weighted by Gasteiger charge is 2.36. The molecule has 3 atom stereocenters. The van der Waals surface area contributed by atoms with Crippen molar-refractivity contribution in [2.24, 2.45) is 11.7 Å². The van der Waals surface area contributed by atoms with E-state index >= 15 is 0 Å². The van der Waals surface area contributed by atoms with Crippen molar-refractivity contribution in [3.05, 3.63) is 0 Å². The van der Waals surface area contributed by atoms with Gasteiger partial charge in [-0.25, -0.2) is 0 Å². The van der Waals surface area contributed by atoms with Crippen LogP contribution < -0.4 is 5.73 Å². The highest BCUT2D eigenvalue weighted by atomic mass is 16.2. The standard InChI is InChI=1S/C17H31N3O/c18-16-9-5-8-15(16)17(21)20-12-6-7-14(13-20)19-10-3-1-2-4-11-19/h14-16H,1-13,18H2/t14-,15-,16-/m1/s1. The molecule has 0 bridgehead atoms. The van der Waals surface area contributed by atoms with Gasteiger partial charge >= 0.3 is 0 Å². The van der Waals surface area contributed by atoms with Gasteiger partial charge in [-0.2, -0.15) is 0 Å². The molecule has 3 rings (SSSR count). The fourth-order valence-corrected chi connectivity index (χ4v) is 4.44. The first-order valence-corrected chi connectivity index (χ1v) is 9.04. The molecule has 3 fully saturated rings. The quantitative estimate of drug-likeness (QED) is 0.847. The minimum atomic E-state index is 0.105. The van der Waals surface area contributed by atoms with Crippen LogP contribution in [-0.2, 0) is 4.79 Å². The normalized spacial score (nSPS) is 35.7. The molecule has 0 spiro atoms. The largest absolute Gasteiger partial charge is 0.341 e. The Morgan fingerprint density at radius 1 is 0.857 bits per heavy atom. The average molecular weight is 293 g/mol. The number of likely N-dealkylation sites (tertiary alicyclic amines) is 2. The van der Waals surface area contributed by atoms with Crippen molar-refractivity contribution in [1.29, 1.82) is 0 Å². The van der Waals surface area contributed by atoms with Gasteiger partial charge in [-0.05, 0) is 51.6 Å². The molecule has 1 amide bonds. The fraction of sp³-hybridized carbons (Fsp3) is 0.941. The maximum absolute atomic E-state index is 12.7. The molecule has 0 unspecified atom stereocenters. The summed E-state index contributed by atoms with van der Waals surface area (Å²) in [5, 5.41) is 0. The summed E-state index contributed by atoms with van der Waals surface area (Å²) in [7, 11) is 0. The second-order valence-electron chi connectivity index (χ2n) is 7.23. The Morgan fingerprint density at radius 2 is 1.62 bits per heavy atom. The van der Waals surface area contributed by atoms with Crippen LogP contribution in [0.1, 0.15) is 57.8 Å². The number of hydrogen-bond donors (Lipinski definition) is 1. The molecule has 1 saturated carbocycles. The predicted molar refractivity (Wildman–Crippen MR) is 85.0 cm³/mol. The highest BCUT2D eigenvalue weighted by molar-refractivity contribution is 5.80. The van der Waals surface area contributed by atoms with Gasteiger partial charge in [0.05, 0.1) is 5.92 Å². The summed E-state index contributed by atoms with van der Waals surface area (Å²) in [5.74, 6) is 0.451. The molecule has 2 aliphatic heterocycles. The van der Waals surface area contributed by atoms with E-state index in [0.29, 0.717) is 11.9 Å². The molecule has 3 aliphatic rings. The summed E-state index contributed by atoms with van der Waals surface area (Å²) in [6.45, 7) is 4.36. The molecule has 2 N–H and O–H groups in total. The van der Waals surface area contributed by atoms with Crippen LogP contribution in [0.3, 0.4) is 0 Å². The summed E-state index contributed by atoms with van der Waals surface area (Å²) in [6.07, 6.45) is 11.0. The van der Waals surface area contributed by atoms with Gasteiger partial charge in [0.2, 0.25) is 5.91 Å². The van der Waals surface area contributed by atoms with Crippen LogP contribution >= 0.6 is 0 Å². The smallest absolute Gasteiger partial charge is 0.227 e. The van der Waals surface area contributed by atoms with Crippen molar-refractivity contribution in [3.8, 4) is 0 Å². The average Bonchev–Trinajstić information content (AvgIpc) is 2.78. The number of nitrogens with two attached hydrogens (primary N) is 1. The summed E-state index contributed by atoms with van der Waals surface area (Å²) < 4.78 is 0. The van der Waals surface area contributed by atoms with Crippen LogP contribution in [0.5, 0.6) is 0 Å². The third kappa shape index (κ3) is 3.59. The maximum atomic E-state index is 12.7. The molecule has 0 radical (unpaired) electrons. The molecule has 1 aliphatic carbocycles. The van der Waals surface area contributed by atoms with Gasteiger partial charge in [0.1, 0.15) is 0 Å². The summed E-state index contributed by atoms with van der Waals surface area (Å²) >= 11 is 0. The first-order chi connectivity index (χ1) is 10.3. The molecular weight excluding hydrogens is 262 g/mol. The Kier molecular flexibility index (Phi) is 5.17. The third-order valence-corrected chi connectivity index (χ3v) is 5.75. The Bertz CT molecular complexity index is 352.